The molecule has 1 fully saturated rings. The maximum Gasteiger partial charge on any atom is 0.226 e. The number of nitrogens with one attached hydrogen (secondary N) is 1. The Labute approximate surface area is 142 Å². The van der Waals surface area contributed by atoms with Crippen LogP contribution in [0.3, 0.4) is 0 Å². The first-order valence-corrected chi connectivity index (χ1v) is 8.67. The van der Waals surface area contributed by atoms with Crippen molar-refractivity contribution < 1.29 is 14.4 Å². The molecule has 5 nitrogen and oxygen atoms in total. The Morgan fingerprint density at radius 2 is 2.00 bits per heavy atom. The zero-order valence-corrected chi connectivity index (χ0v) is 13.8. The van der Waals surface area contributed by atoms with Crippen LogP contribution in [0.2, 0.25) is 0 Å². The Kier molecular flexibility index (Phi) is 5.64. The molecule has 0 radical (unpaired) electrons. The molecule has 24 heavy (non-hydrogen) atoms. The molecule has 2 aromatic rings. The van der Waals surface area contributed by atoms with Crippen LogP contribution in [-0.4, -0.2) is 28.8 Å². The van der Waals surface area contributed by atoms with Gasteiger partial charge in [-0.05, 0) is 12.8 Å². The summed E-state index contributed by atoms with van der Waals surface area (Å²) < 4.78 is 5.33. The fraction of sp³-hybridized carbons (Fsp3) is 0.474. The van der Waals surface area contributed by atoms with Gasteiger partial charge in [0, 0.05) is 30.2 Å². The van der Waals surface area contributed by atoms with Crippen LogP contribution in [0.5, 0.6) is 0 Å². The number of benzene rings is 1. The van der Waals surface area contributed by atoms with Gasteiger partial charge in [-0.15, -0.1) is 0 Å². The fourth-order valence-corrected chi connectivity index (χ4v) is 3.35. The van der Waals surface area contributed by atoms with Gasteiger partial charge in [0.2, 0.25) is 5.91 Å². The van der Waals surface area contributed by atoms with Gasteiger partial charge in [0.05, 0.1) is 12.1 Å². The largest absolute Gasteiger partial charge is 0.396 e. The van der Waals surface area contributed by atoms with Crippen LogP contribution in [0.1, 0.15) is 37.8 Å². The molecule has 2 unspecified atom stereocenters. The first-order chi connectivity index (χ1) is 11.8. The molecule has 5 heteroatoms. The molecule has 0 bridgehead atoms. The highest BCUT2D eigenvalue weighted by atomic mass is 16.5. The summed E-state index contributed by atoms with van der Waals surface area (Å²) in [7, 11) is 0. The van der Waals surface area contributed by atoms with Gasteiger partial charge < -0.3 is 14.9 Å². The quantitative estimate of drug-likeness (QED) is 0.828. The van der Waals surface area contributed by atoms with Crippen molar-refractivity contribution in [3.05, 3.63) is 42.1 Å². The summed E-state index contributed by atoms with van der Waals surface area (Å²) in [4.78, 5) is 12.3. The molecule has 1 aromatic heterocycles. The van der Waals surface area contributed by atoms with E-state index in [9.17, 15) is 9.90 Å². The number of carbonyl (C=O) groups is 1. The second-order valence-electron chi connectivity index (χ2n) is 6.48. The van der Waals surface area contributed by atoms with Gasteiger partial charge >= 0.3 is 0 Å². The summed E-state index contributed by atoms with van der Waals surface area (Å²) >= 11 is 0. The SMILES string of the molecule is O=C(Cc1cc(-c2ccccc2)on1)NC1CCCCCC1CO. The number of aromatic nitrogens is 1. The number of aliphatic hydroxyl groups is 1. The topological polar surface area (TPSA) is 75.4 Å². The van der Waals surface area contributed by atoms with Crippen LogP contribution in [-0.2, 0) is 11.2 Å². The van der Waals surface area contributed by atoms with Gasteiger partial charge in [0.1, 0.15) is 0 Å². The van der Waals surface area contributed by atoms with Crippen LogP contribution in [0.25, 0.3) is 11.3 Å². The van der Waals surface area contributed by atoms with Crippen LogP contribution in [0.15, 0.2) is 40.9 Å². The summed E-state index contributed by atoms with van der Waals surface area (Å²) in [5.41, 5.74) is 1.57. The molecule has 1 amide bonds. The number of aliphatic hydroxyl groups excluding tert-OH is 1. The minimum atomic E-state index is -0.0618. The van der Waals surface area contributed by atoms with Crippen LogP contribution < -0.4 is 5.32 Å². The normalized spacial score (nSPS) is 21.2. The molecule has 3 rings (SSSR count). The molecule has 128 valence electrons. The monoisotopic (exact) mass is 328 g/mol. The van der Waals surface area contributed by atoms with Gasteiger partial charge in [0.15, 0.2) is 5.76 Å². The average Bonchev–Trinajstić information content (AvgIpc) is 2.95. The molecule has 0 aliphatic heterocycles. The van der Waals surface area contributed by atoms with E-state index in [1.807, 2.05) is 36.4 Å². The third-order valence-electron chi connectivity index (χ3n) is 4.70. The number of amides is 1. The number of hydrogen-bond donors (Lipinski definition) is 2. The van der Waals surface area contributed by atoms with Crippen molar-refractivity contribution in [1.82, 2.24) is 10.5 Å². The molecule has 0 spiro atoms. The third-order valence-corrected chi connectivity index (χ3v) is 4.70. The van der Waals surface area contributed by atoms with Gasteiger partial charge in [-0.25, -0.2) is 0 Å². The van der Waals surface area contributed by atoms with E-state index in [1.165, 1.54) is 6.42 Å². The average molecular weight is 328 g/mol. The fourth-order valence-electron chi connectivity index (χ4n) is 3.35. The van der Waals surface area contributed by atoms with E-state index in [0.29, 0.717) is 11.5 Å². The first-order valence-electron chi connectivity index (χ1n) is 8.67. The Hall–Kier alpha value is -2.14. The van der Waals surface area contributed by atoms with Crippen LogP contribution >= 0.6 is 0 Å². The van der Waals surface area contributed by atoms with Crippen molar-refractivity contribution in [3.8, 4) is 11.3 Å². The summed E-state index contributed by atoms with van der Waals surface area (Å²) in [5.74, 6) is 0.767. The summed E-state index contributed by atoms with van der Waals surface area (Å²) in [6.45, 7) is 0.132. The lowest BCUT2D eigenvalue weighted by atomic mass is 9.95. The van der Waals surface area contributed by atoms with Crippen LogP contribution in [0.4, 0.5) is 0 Å². The zero-order chi connectivity index (χ0) is 16.8. The number of nitrogens with zero attached hydrogens (tertiary/aromatic N) is 1. The summed E-state index contributed by atoms with van der Waals surface area (Å²) in [6.07, 6.45) is 5.51. The van der Waals surface area contributed by atoms with E-state index >= 15 is 0 Å². The van der Waals surface area contributed by atoms with E-state index in [4.69, 9.17) is 4.52 Å². The smallest absolute Gasteiger partial charge is 0.226 e. The van der Waals surface area contributed by atoms with E-state index in [2.05, 4.69) is 10.5 Å². The molecule has 2 atom stereocenters. The molecule has 1 aliphatic carbocycles. The van der Waals surface area contributed by atoms with Gasteiger partial charge in [0.25, 0.3) is 0 Å². The van der Waals surface area contributed by atoms with Gasteiger partial charge in [-0.3, -0.25) is 4.79 Å². The second-order valence-corrected chi connectivity index (χ2v) is 6.48. The van der Waals surface area contributed by atoms with Crippen molar-refractivity contribution >= 4 is 5.91 Å². The highest BCUT2D eigenvalue weighted by Gasteiger charge is 2.24. The summed E-state index contributed by atoms with van der Waals surface area (Å²) in [6, 6.07) is 11.6. The van der Waals surface area contributed by atoms with E-state index in [0.717, 1.165) is 31.2 Å². The lowest BCUT2D eigenvalue weighted by molar-refractivity contribution is -0.121. The summed E-state index contributed by atoms with van der Waals surface area (Å²) in [5, 5.41) is 16.6. The van der Waals surface area contributed by atoms with Crippen molar-refractivity contribution in [3.63, 3.8) is 0 Å². The van der Waals surface area contributed by atoms with Crippen molar-refractivity contribution in [2.24, 2.45) is 5.92 Å². The predicted octanol–water partition coefficient (Wildman–Crippen LogP) is 2.94. The lowest BCUT2D eigenvalue weighted by Gasteiger charge is -2.24. The third kappa shape index (κ3) is 4.23. The van der Waals surface area contributed by atoms with E-state index in [1.54, 1.807) is 0 Å². The van der Waals surface area contributed by atoms with Crippen LogP contribution in [0, 0.1) is 5.92 Å². The van der Waals surface area contributed by atoms with Crippen molar-refractivity contribution in [1.29, 1.82) is 0 Å². The molecule has 1 aromatic carbocycles. The Bertz CT molecular complexity index is 654. The molecule has 0 saturated heterocycles. The second kappa shape index (κ2) is 8.11. The highest BCUT2D eigenvalue weighted by molar-refractivity contribution is 5.78. The molecular formula is C19H24N2O3. The Balaban J connectivity index is 1.59. The standard InChI is InChI=1S/C19H24N2O3/c22-13-15-9-5-2-6-10-17(15)20-19(23)12-16-11-18(24-21-16)14-7-3-1-4-8-14/h1,3-4,7-8,11,15,17,22H,2,5-6,9-10,12-13H2,(H,20,23). The van der Waals surface area contributed by atoms with Crippen molar-refractivity contribution in [2.45, 2.75) is 44.6 Å². The number of rotatable bonds is 5. The number of hydrogen-bond acceptors (Lipinski definition) is 4. The lowest BCUT2D eigenvalue weighted by Crippen LogP contribution is -2.41. The zero-order valence-electron chi connectivity index (χ0n) is 13.8. The Morgan fingerprint density at radius 1 is 1.21 bits per heavy atom. The van der Waals surface area contributed by atoms with Crippen molar-refractivity contribution in [2.75, 3.05) is 6.61 Å². The molecular weight excluding hydrogens is 304 g/mol. The van der Waals surface area contributed by atoms with Gasteiger partial charge in [-0.1, -0.05) is 54.8 Å². The maximum absolute atomic E-state index is 12.3. The minimum absolute atomic E-state index is 0.0606. The predicted molar refractivity (Wildman–Crippen MR) is 91.2 cm³/mol. The number of carbonyl (C=O) groups excluding carboxylic acids is 1. The molecule has 1 saturated carbocycles. The molecule has 1 heterocycles. The van der Waals surface area contributed by atoms with Gasteiger partial charge in [-0.2, -0.15) is 0 Å². The minimum Gasteiger partial charge on any atom is -0.396 e. The molecule has 1 aliphatic rings. The highest BCUT2D eigenvalue weighted by Crippen LogP contribution is 2.24. The van der Waals surface area contributed by atoms with E-state index < -0.39 is 0 Å². The molecule has 2 N–H and O–H groups in total. The van der Waals surface area contributed by atoms with E-state index in [-0.39, 0.29) is 30.9 Å². The Morgan fingerprint density at radius 3 is 2.79 bits per heavy atom. The first kappa shape index (κ1) is 16.7. The maximum atomic E-state index is 12.3.